The first kappa shape index (κ1) is 72.3. The maximum atomic E-state index is 13.8. The molecule has 0 bridgehead atoms. The van der Waals surface area contributed by atoms with Crippen LogP contribution in [0.2, 0.25) is 0 Å². The number of anilines is 3. The van der Waals surface area contributed by atoms with Gasteiger partial charge in [-0.05, 0) is 146 Å². The van der Waals surface area contributed by atoms with Crippen LogP contribution in [0.25, 0.3) is 0 Å². The number of alkyl halides is 6. The van der Waals surface area contributed by atoms with Gasteiger partial charge in [0.25, 0.3) is 0 Å². The van der Waals surface area contributed by atoms with E-state index in [0.29, 0.717) is 37.9 Å². The fourth-order valence-corrected chi connectivity index (χ4v) is 16.0. The number of aryl methyl sites for hydroxylation is 4. The van der Waals surface area contributed by atoms with E-state index in [4.69, 9.17) is 29.2 Å². The Morgan fingerprint density at radius 3 is 1.14 bits per heavy atom. The molecule has 6 aromatic rings. The molecule has 9 heterocycles. The topological polar surface area (TPSA) is 214 Å². The number of likely N-dealkylation sites (tertiary alicyclic amines) is 3. The highest BCUT2D eigenvalue weighted by atomic mass is 19.4. The third-order valence-electron chi connectivity index (χ3n) is 20.7. The van der Waals surface area contributed by atoms with Crippen molar-refractivity contribution in [3.8, 4) is 0 Å². The summed E-state index contributed by atoms with van der Waals surface area (Å²) in [5, 5.41) is 0. The third-order valence-corrected chi connectivity index (χ3v) is 20.7. The Hall–Kier alpha value is -8.91. The Bertz CT molecular complexity index is 3830. The van der Waals surface area contributed by atoms with Crippen LogP contribution in [0.5, 0.6) is 0 Å². The first-order chi connectivity index (χ1) is 47.1. The zero-order valence-electron chi connectivity index (χ0n) is 55.5. The molecule has 3 saturated heterocycles. The molecule has 3 aromatic carbocycles. The van der Waals surface area contributed by atoms with Gasteiger partial charge in [0.05, 0.1) is 56.5 Å². The molecular weight excluding hydrogens is 1300 g/mol. The SMILES string of the molecule is C.C.CCOC(=O)N1CC2(C1)C(=O)N(Cc1nc3c([nH]1)CCCC3)c1ccccc12.CCOC(=O)N1CC2(C1)C(=O)N(Cc1nc3c(n1CCCC(F)(F)F)CCCC3)c1ccccc12.CCOC(=O)N1CC2(C1)C(=O)N(Cc1nc3c(n1CCCC(F)(F)F)CCCC3)c1ccccc12. The molecular formula is C73H90F6N12O9. The number of halogens is 6. The van der Waals surface area contributed by atoms with Crippen LogP contribution in [0.3, 0.4) is 0 Å². The number of aromatic amines is 1. The molecule has 1 N–H and O–H groups in total. The number of H-pyrrole nitrogens is 1. The van der Waals surface area contributed by atoms with Crippen LogP contribution in [-0.2, 0) is 116 Å². The highest BCUT2D eigenvalue weighted by Gasteiger charge is 2.62. The van der Waals surface area contributed by atoms with Crippen molar-refractivity contribution in [1.29, 1.82) is 0 Å². The van der Waals surface area contributed by atoms with Crippen LogP contribution in [0.1, 0.15) is 168 Å². The van der Waals surface area contributed by atoms with E-state index in [9.17, 15) is 55.1 Å². The summed E-state index contributed by atoms with van der Waals surface area (Å²) < 4.78 is 96.0. The van der Waals surface area contributed by atoms with Gasteiger partial charge >= 0.3 is 30.6 Å². The van der Waals surface area contributed by atoms with Gasteiger partial charge in [-0.1, -0.05) is 69.5 Å². The van der Waals surface area contributed by atoms with E-state index in [1.165, 1.54) is 28.3 Å². The Balaban J connectivity index is 0.000000151. The highest BCUT2D eigenvalue weighted by Crippen LogP contribution is 2.51. The predicted octanol–water partition coefficient (Wildman–Crippen LogP) is 12.5. The second-order valence-electron chi connectivity index (χ2n) is 27.0. The Labute approximate surface area is 578 Å². The molecule has 0 saturated carbocycles. The molecule has 3 fully saturated rings. The molecule has 3 spiro atoms. The van der Waals surface area contributed by atoms with Crippen molar-refractivity contribution in [2.75, 3.05) is 73.8 Å². The van der Waals surface area contributed by atoms with Crippen LogP contribution in [0.15, 0.2) is 72.8 Å². The second-order valence-corrected chi connectivity index (χ2v) is 27.0. The maximum Gasteiger partial charge on any atom is 0.409 e. The number of imidazole rings is 3. The van der Waals surface area contributed by atoms with E-state index in [0.717, 1.165) is 132 Å². The summed E-state index contributed by atoms with van der Waals surface area (Å²) in [4.78, 5) is 105. The molecule has 0 radical (unpaired) electrons. The smallest absolute Gasteiger partial charge is 0.409 e. The minimum Gasteiger partial charge on any atom is -0.450 e. The standard InChI is InChI=1S/2C25H29F3N4O3.C21H24N4O3.2CH4/c2*1-2-35-23(34)30-15-24(16-30)17-8-3-5-10-19(17)32(22(24)33)14-21-29-18-9-4-6-11-20(18)31(21)13-7-12-25(26,27)28;1-2-28-20(27)24-12-21(13-24)14-7-3-6-10-17(14)25(19(21)26)11-18-22-15-8-4-5-9-16(15)23-18;;/h2*3,5,8,10H,2,4,6-7,9,11-16H2,1H3;3,6-7,10H,2,4-5,8-9,11-13H2,1H3,(H,22,23);2*1H4. The minimum absolute atomic E-state index is 0. The number of rotatable bonds is 15. The van der Waals surface area contributed by atoms with E-state index < -0.39 is 53.6 Å². The summed E-state index contributed by atoms with van der Waals surface area (Å²) in [5.74, 6) is 1.92. The Kier molecular flexibility index (Phi) is 21.0. The molecule has 3 aliphatic carbocycles. The first-order valence-corrected chi connectivity index (χ1v) is 34.4. The van der Waals surface area contributed by atoms with E-state index in [2.05, 4.69) is 4.98 Å². The monoisotopic (exact) mass is 1390 g/mol. The average molecular weight is 1390 g/mol. The van der Waals surface area contributed by atoms with E-state index in [-0.39, 0.29) is 117 Å². The lowest BCUT2D eigenvalue weighted by Gasteiger charge is -2.45. The number of aromatic nitrogens is 6. The van der Waals surface area contributed by atoms with Crippen molar-refractivity contribution < 1.29 is 69.3 Å². The number of carbonyl (C=O) groups excluding carboxylic acids is 6. The molecule has 6 aliphatic heterocycles. The van der Waals surface area contributed by atoms with E-state index >= 15 is 0 Å². The summed E-state index contributed by atoms with van der Waals surface area (Å²) in [7, 11) is 0. The summed E-state index contributed by atoms with van der Waals surface area (Å²) >= 11 is 0. The lowest BCUT2D eigenvalue weighted by Crippen LogP contribution is -2.65. The molecule has 15 rings (SSSR count). The molecule has 538 valence electrons. The molecule has 3 aromatic heterocycles. The first-order valence-electron chi connectivity index (χ1n) is 34.4. The number of hydrogen-bond donors (Lipinski definition) is 1. The normalized spacial score (nSPS) is 18.4. The van der Waals surface area contributed by atoms with Gasteiger partial charge in [-0.3, -0.25) is 14.4 Å². The number of nitrogens with zero attached hydrogens (tertiary/aromatic N) is 11. The van der Waals surface area contributed by atoms with Crippen LogP contribution < -0.4 is 14.7 Å². The van der Waals surface area contributed by atoms with Gasteiger partial charge in [0.15, 0.2) is 0 Å². The lowest BCUT2D eigenvalue weighted by molar-refractivity contribution is -0.136. The lowest BCUT2D eigenvalue weighted by atomic mass is 9.75. The van der Waals surface area contributed by atoms with Gasteiger partial charge in [-0.15, -0.1) is 0 Å². The molecule has 100 heavy (non-hydrogen) atoms. The summed E-state index contributed by atoms with van der Waals surface area (Å²) in [6.45, 7) is 9.11. The molecule has 0 unspecified atom stereocenters. The summed E-state index contributed by atoms with van der Waals surface area (Å²) in [6.07, 6.45) is 0.185. The highest BCUT2D eigenvalue weighted by molar-refractivity contribution is 6.11. The zero-order valence-corrected chi connectivity index (χ0v) is 55.5. The number of para-hydroxylation sites is 3. The van der Waals surface area contributed by atoms with Crippen LogP contribution in [-0.4, -0.2) is 151 Å². The third kappa shape index (κ3) is 13.5. The predicted molar refractivity (Wildman–Crippen MR) is 361 cm³/mol. The van der Waals surface area contributed by atoms with E-state index in [1.54, 1.807) is 35.5 Å². The van der Waals surface area contributed by atoms with Crippen molar-refractivity contribution in [3.63, 3.8) is 0 Å². The number of nitrogens with one attached hydrogen (secondary N) is 1. The van der Waals surface area contributed by atoms with Gasteiger partial charge in [-0.25, -0.2) is 29.3 Å². The number of carbonyl (C=O) groups is 6. The molecule has 6 amide bonds. The summed E-state index contributed by atoms with van der Waals surface area (Å²) in [5.41, 5.74) is 9.12. The van der Waals surface area contributed by atoms with Gasteiger partial charge in [0.2, 0.25) is 17.7 Å². The number of fused-ring (bicyclic) bond motifs is 9. The van der Waals surface area contributed by atoms with Crippen molar-refractivity contribution >= 4 is 53.1 Å². The van der Waals surface area contributed by atoms with Gasteiger partial charge in [0, 0.05) is 99.3 Å². The van der Waals surface area contributed by atoms with Gasteiger partial charge in [-0.2, -0.15) is 26.3 Å². The van der Waals surface area contributed by atoms with E-state index in [1.807, 2.05) is 86.8 Å². The van der Waals surface area contributed by atoms with Crippen LogP contribution in [0, 0.1) is 0 Å². The van der Waals surface area contributed by atoms with Crippen molar-refractivity contribution in [2.45, 2.75) is 200 Å². The minimum atomic E-state index is -4.20. The molecule has 9 aliphatic rings. The number of ether oxygens (including phenoxy) is 3. The van der Waals surface area contributed by atoms with Gasteiger partial charge < -0.3 is 57.7 Å². The summed E-state index contributed by atoms with van der Waals surface area (Å²) in [6, 6.07) is 23.0. The zero-order chi connectivity index (χ0) is 68.9. The average Bonchev–Trinajstić information content (AvgIpc) is 1.55. The molecule has 0 atom stereocenters. The number of amides is 6. The largest absolute Gasteiger partial charge is 0.450 e. The van der Waals surface area contributed by atoms with Crippen molar-refractivity contribution in [2.24, 2.45) is 0 Å². The van der Waals surface area contributed by atoms with Crippen molar-refractivity contribution in [1.82, 2.24) is 43.8 Å². The quantitative estimate of drug-likeness (QED) is 0.0751. The Morgan fingerprint density at radius 1 is 0.460 bits per heavy atom. The van der Waals surface area contributed by atoms with Gasteiger partial charge in [0.1, 0.15) is 33.7 Å². The number of hydrogen-bond acceptors (Lipinski definition) is 12. The molecule has 21 nitrogen and oxygen atoms in total. The fraction of sp³-hybridized carbons (Fsp3) is 0.548. The van der Waals surface area contributed by atoms with Crippen LogP contribution in [0.4, 0.5) is 57.8 Å². The maximum absolute atomic E-state index is 13.8. The Morgan fingerprint density at radius 2 is 0.790 bits per heavy atom. The van der Waals surface area contributed by atoms with Crippen LogP contribution >= 0.6 is 0 Å². The fourth-order valence-electron chi connectivity index (χ4n) is 16.0. The van der Waals surface area contributed by atoms with Crippen molar-refractivity contribution in [3.05, 3.63) is 141 Å². The molecule has 27 heteroatoms. The second kappa shape index (κ2) is 29.0. The number of benzene rings is 3.